The smallest absolute Gasteiger partial charge is 0.196 e. The number of ketones is 1. The molecule has 5 heteroatoms. The summed E-state index contributed by atoms with van der Waals surface area (Å²) in [6.45, 7) is 0.491. The van der Waals surface area contributed by atoms with Gasteiger partial charge in [-0.05, 0) is 22.0 Å². The Balaban J connectivity index is 2.17. The van der Waals surface area contributed by atoms with Crippen LogP contribution < -0.4 is 0 Å². The minimum Gasteiger partial charge on any atom is -0.371 e. The molecule has 0 N–H and O–H groups in total. The van der Waals surface area contributed by atoms with Crippen molar-refractivity contribution < 1.29 is 9.53 Å². The summed E-state index contributed by atoms with van der Waals surface area (Å²) >= 11 is 3.18. The van der Waals surface area contributed by atoms with Crippen molar-refractivity contribution in [2.45, 2.75) is 18.9 Å². The Bertz CT molecular complexity index is 356. The predicted octanol–water partition coefficient (Wildman–Crippen LogP) is 1.66. The van der Waals surface area contributed by atoms with Gasteiger partial charge in [0.2, 0.25) is 0 Å². The van der Waals surface area contributed by atoms with E-state index in [1.807, 2.05) is 0 Å². The number of carbonyl (C=O) groups excluding carboxylic acids is 1. The van der Waals surface area contributed by atoms with Crippen molar-refractivity contribution in [3.8, 4) is 0 Å². The Morgan fingerprint density at radius 2 is 2.43 bits per heavy atom. The Labute approximate surface area is 89.8 Å². The van der Waals surface area contributed by atoms with Gasteiger partial charge in [-0.3, -0.25) is 4.79 Å². The highest BCUT2D eigenvalue weighted by Crippen LogP contribution is 2.24. The Morgan fingerprint density at radius 3 is 3.14 bits per heavy atom. The van der Waals surface area contributed by atoms with E-state index in [9.17, 15) is 4.79 Å². The van der Waals surface area contributed by atoms with Gasteiger partial charge >= 0.3 is 0 Å². The van der Waals surface area contributed by atoms with Gasteiger partial charge in [-0.15, -0.1) is 0 Å². The molecule has 74 valence electrons. The van der Waals surface area contributed by atoms with Crippen LogP contribution >= 0.6 is 15.9 Å². The molecule has 2 heterocycles. The molecule has 4 nitrogen and oxygen atoms in total. The maximum Gasteiger partial charge on any atom is 0.196 e. The van der Waals surface area contributed by atoms with Gasteiger partial charge in [-0.1, -0.05) is 0 Å². The fourth-order valence-electron chi connectivity index (χ4n) is 1.40. The molecule has 1 aromatic rings. The number of nitrogens with zero attached hydrogens (tertiary/aromatic N) is 2. The van der Waals surface area contributed by atoms with E-state index in [2.05, 4.69) is 25.9 Å². The minimum atomic E-state index is -0.199. The molecule has 0 radical (unpaired) electrons. The number of ether oxygens (including phenoxy) is 1. The van der Waals surface area contributed by atoms with Crippen molar-refractivity contribution in [1.29, 1.82) is 0 Å². The molecule has 0 aromatic carbocycles. The third-order valence-corrected chi connectivity index (χ3v) is 2.47. The van der Waals surface area contributed by atoms with Crippen molar-refractivity contribution in [2.24, 2.45) is 0 Å². The summed E-state index contributed by atoms with van der Waals surface area (Å²) in [5.41, 5.74) is 0.764. The molecule has 14 heavy (non-hydrogen) atoms. The lowest BCUT2D eigenvalue weighted by Gasteiger charge is -2.20. The van der Waals surface area contributed by atoms with Crippen LogP contribution in [0.25, 0.3) is 0 Å². The number of hydrogen-bond donors (Lipinski definition) is 0. The van der Waals surface area contributed by atoms with Crippen LogP contribution in [0.15, 0.2) is 17.0 Å². The number of aromatic nitrogens is 2. The molecule has 1 aromatic heterocycles. The number of Topliss-reactive ketones (excluding diaryl/α,β-unsaturated/α-hetero) is 1. The molecule has 0 spiro atoms. The number of halogens is 1. The van der Waals surface area contributed by atoms with Gasteiger partial charge in [0.1, 0.15) is 11.9 Å². The molecule has 0 bridgehead atoms. The molecule has 2 rings (SSSR count). The molecular weight excluding hydrogens is 248 g/mol. The number of hydrogen-bond acceptors (Lipinski definition) is 4. The van der Waals surface area contributed by atoms with E-state index < -0.39 is 0 Å². The van der Waals surface area contributed by atoms with E-state index in [1.54, 1.807) is 12.3 Å². The van der Waals surface area contributed by atoms with Crippen molar-refractivity contribution in [2.75, 3.05) is 6.61 Å². The van der Waals surface area contributed by atoms with Crippen molar-refractivity contribution >= 4 is 21.7 Å². The zero-order valence-electron chi connectivity index (χ0n) is 7.44. The lowest BCUT2D eigenvalue weighted by atomic mass is 10.1. The third-order valence-electron chi connectivity index (χ3n) is 2.09. The summed E-state index contributed by atoms with van der Waals surface area (Å²) in [6, 6.07) is 1.77. The molecule has 1 aliphatic heterocycles. The molecule has 1 unspecified atom stereocenters. The number of carbonyl (C=O) groups is 1. The molecule has 0 amide bonds. The van der Waals surface area contributed by atoms with E-state index >= 15 is 0 Å². The lowest BCUT2D eigenvalue weighted by molar-refractivity contribution is -0.128. The van der Waals surface area contributed by atoms with E-state index in [4.69, 9.17) is 4.74 Å². The summed E-state index contributed by atoms with van der Waals surface area (Å²) in [4.78, 5) is 19.3. The Morgan fingerprint density at radius 1 is 1.57 bits per heavy atom. The average Bonchev–Trinajstić information content (AvgIpc) is 2.18. The number of rotatable bonds is 1. The van der Waals surface area contributed by atoms with Gasteiger partial charge in [-0.25, -0.2) is 9.97 Å². The van der Waals surface area contributed by atoms with Crippen LogP contribution in [-0.2, 0) is 9.53 Å². The average molecular weight is 257 g/mol. The van der Waals surface area contributed by atoms with Gasteiger partial charge in [-0.2, -0.15) is 0 Å². The quantitative estimate of drug-likeness (QED) is 0.718. The minimum absolute atomic E-state index is 0.199. The first kappa shape index (κ1) is 9.73. The monoisotopic (exact) mass is 256 g/mol. The molecule has 1 saturated heterocycles. The second kappa shape index (κ2) is 4.14. The van der Waals surface area contributed by atoms with E-state index in [1.165, 1.54) is 0 Å². The van der Waals surface area contributed by atoms with E-state index in [-0.39, 0.29) is 11.9 Å². The highest BCUT2D eigenvalue weighted by molar-refractivity contribution is 9.10. The highest BCUT2D eigenvalue weighted by atomic mass is 79.9. The highest BCUT2D eigenvalue weighted by Gasteiger charge is 2.22. The van der Waals surface area contributed by atoms with Crippen molar-refractivity contribution in [1.82, 2.24) is 9.97 Å². The Kier molecular flexibility index (Phi) is 2.88. The SMILES string of the molecule is O=C1CCOC(c2ccnc(Br)n2)C1. The fourth-order valence-corrected chi connectivity index (χ4v) is 1.72. The van der Waals surface area contributed by atoms with Gasteiger partial charge in [0, 0.05) is 19.0 Å². The molecule has 1 aliphatic rings. The Hall–Kier alpha value is -0.810. The summed E-state index contributed by atoms with van der Waals surface area (Å²) in [5, 5.41) is 0. The molecule has 1 atom stereocenters. The maximum absolute atomic E-state index is 11.2. The fraction of sp³-hybridized carbons (Fsp3) is 0.444. The molecular formula is C9H9BrN2O2. The zero-order valence-corrected chi connectivity index (χ0v) is 9.03. The van der Waals surface area contributed by atoms with Gasteiger partial charge in [0.15, 0.2) is 4.73 Å². The van der Waals surface area contributed by atoms with Crippen LogP contribution in [0.4, 0.5) is 0 Å². The topological polar surface area (TPSA) is 52.1 Å². The second-order valence-corrected chi connectivity index (χ2v) is 3.81. The summed E-state index contributed by atoms with van der Waals surface area (Å²) in [6.07, 6.45) is 2.39. The second-order valence-electron chi connectivity index (χ2n) is 3.10. The van der Waals surface area contributed by atoms with E-state index in [0.717, 1.165) is 5.69 Å². The van der Waals surface area contributed by atoms with Gasteiger partial charge in [0.25, 0.3) is 0 Å². The van der Waals surface area contributed by atoms with Crippen molar-refractivity contribution in [3.05, 3.63) is 22.7 Å². The van der Waals surface area contributed by atoms with Gasteiger partial charge in [0.05, 0.1) is 12.3 Å². The zero-order chi connectivity index (χ0) is 9.97. The van der Waals surface area contributed by atoms with Crippen LogP contribution in [0, 0.1) is 0 Å². The lowest BCUT2D eigenvalue weighted by Crippen LogP contribution is -2.20. The summed E-state index contributed by atoms with van der Waals surface area (Å²) in [7, 11) is 0. The van der Waals surface area contributed by atoms with Crippen LogP contribution in [0.2, 0.25) is 0 Å². The van der Waals surface area contributed by atoms with Crippen LogP contribution in [0.3, 0.4) is 0 Å². The van der Waals surface area contributed by atoms with E-state index in [0.29, 0.717) is 24.2 Å². The normalized spacial score (nSPS) is 22.4. The largest absolute Gasteiger partial charge is 0.371 e. The first-order chi connectivity index (χ1) is 6.75. The summed E-state index contributed by atoms with van der Waals surface area (Å²) < 4.78 is 5.98. The van der Waals surface area contributed by atoms with Crippen LogP contribution in [-0.4, -0.2) is 22.4 Å². The van der Waals surface area contributed by atoms with Gasteiger partial charge < -0.3 is 4.74 Å². The standard InChI is InChI=1S/C9H9BrN2O2/c10-9-11-3-1-7(12-9)8-5-6(13)2-4-14-8/h1,3,8H,2,4-5H2. The summed E-state index contributed by atoms with van der Waals surface area (Å²) in [5.74, 6) is 0.232. The molecule has 1 fully saturated rings. The van der Waals surface area contributed by atoms with Crippen molar-refractivity contribution in [3.63, 3.8) is 0 Å². The maximum atomic E-state index is 11.2. The molecule has 0 aliphatic carbocycles. The predicted molar refractivity (Wildman–Crippen MR) is 52.7 cm³/mol. The third kappa shape index (κ3) is 2.16. The van der Waals surface area contributed by atoms with Crippen LogP contribution in [0.1, 0.15) is 24.6 Å². The first-order valence-corrected chi connectivity index (χ1v) is 5.17. The molecule has 0 saturated carbocycles. The first-order valence-electron chi connectivity index (χ1n) is 4.37. The van der Waals surface area contributed by atoms with Crippen LogP contribution in [0.5, 0.6) is 0 Å².